The van der Waals surface area contributed by atoms with Crippen molar-refractivity contribution in [3.05, 3.63) is 106 Å². The van der Waals surface area contributed by atoms with Gasteiger partial charge >= 0.3 is 0 Å². The molecule has 1 fully saturated rings. The third-order valence-electron chi connectivity index (χ3n) is 5.30. The molecule has 3 aromatic rings. The molecule has 4 rings (SSSR count). The largest absolute Gasteiger partial charge is 0.352 e. The molecule has 2 amide bonds. The van der Waals surface area contributed by atoms with Crippen LogP contribution >= 0.6 is 23.4 Å². The van der Waals surface area contributed by atoms with Crippen LogP contribution in [0.25, 0.3) is 0 Å². The van der Waals surface area contributed by atoms with E-state index in [0.717, 1.165) is 16.7 Å². The van der Waals surface area contributed by atoms with Gasteiger partial charge in [-0.3, -0.25) is 9.59 Å². The molecule has 1 atom stereocenters. The second-order valence-electron chi connectivity index (χ2n) is 7.57. The number of rotatable bonds is 7. The lowest BCUT2D eigenvalue weighted by atomic mass is 10.1. The van der Waals surface area contributed by atoms with Crippen LogP contribution in [0.5, 0.6) is 0 Å². The van der Waals surface area contributed by atoms with Crippen molar-refractivity contribution in [3.63, 3.8) is 0 Å². The normalized spacial score (nSPS) is 15.8. The van der Waals surface area contributed by atoms with Crippen LogP contribution in [0.2, 0.25) is 5.02 Å². The molecule has 32 heavy (non-hydrogen) atoms. The predicted octanol–water partition coefficient (Wildman–Crippen LogP) is 5.23. The maximum Gasteiger partial charge on any atom is 0.251 e. The smallest absolute Gasteiger partial charge is 0.251 e. The van der Waals surface area contributed by atoms with Crippen molar-refractivity contribution in [3.8, 4) is 0 Å². The molecule has 0 radical (unpaired) electrons. The molecule has 0 saturated carbocycles. The summed E-state index contributed by atoms with van der Waals surface area (Å²) < 4.78 is 13.0. The molecule has 3 aromatic carbocycles. The zero-order valence-electron chi connectivity index (χ0n) is 17.3. The van der Waals surface area contributed by atoms with Gasteiger partial charge in [0.2, 0.25) is 5.91 Å². The van der Waals surface area contributed by atoms with E-state index in [1.807, 2.05) is 41.3 Å². The summed E-state index contributed by atoms with van der Waals surface area (Å²) in [5, 5.41) is 3.47. The fourth-order valence-electron chi connectivity index (χ4n) is 3.56. The first-order valence-electron chi connectivity index (χ1n) is 10.3. The molecule has 0 aliphatic carbocycles. The van der Waals surface area contributed by atoms with Gasteiger partial charge in [0.05, 0.1) is 5.75 Å². The van der Waals surface area contributed by atoms with E-state index >= 15 is 0 Å². The van der Waals surface area contributed by atoms with E-state index in [0.29, 0.717) is 35.8 Å². The number of hydrogen-bond acceptors (Lipinski definition) is 3. The lowest BCUT2D eigenvalue weighted by Gasteiger charge is -2.24. The van der Waals surface area contributed by atoms with E-state index in [1.165, 1.54) is 12.1 Å². The highest BCUT2D eigenvalue weighted by molar-refractivity contribution is 8.00. The summed E-state index contributed by atoms with van der Waals surface area (Å²) in [4.78, 5) is 26.8. The van der Waals surface area contributed by atoms with Crippen molar-refractivity contribution >= 4 is 35.2 Å². The Kier molecular flexibility index (Phi) is 7.12. The van der Waals surface area contributed by atoms with Crippen molar-refractivity contribution in [1.29, 1.82) is 0 Å². The summed E-state index contributed by atoms with van der Waals surface area (Å²) in [7, 11) is 0. The quantitative estimate of drug-likeness (QED) is 0.516. The molecule has 1 N–H and O–H groups in total. The standard InChI is InChI=1S/C25H22ClFN2O2S/c26-21-9-1-18(2-10-21)15-29-23(30)16-32-25(29)20-7-5-19(6-8-20)24(31)28-14-13-17-3-11-22(27)12-4-17/h1-12,25H,13-16H2,(H,28,31)/t25-/m0/s1. The summed E-state index contributed by atoms with van der Waals surface area (Å²) in [5.74, 6) is 0.0975. The van der Waals surface area contributed by atoms with Crippen LogP contribution in [-0.2, 0) is 17.8 Å². The number of carbonyl (C=O) groups excluding carboxylic acids is 2. The molecular weight excluding hydrogens is 447 g/mol. The van der Waals surface area contributed by atoms with Crippen LogP contribution in [0.3, 0.4) is 0 Å². The number of amides is 2. The van der Waals surface area contributed by atoms with E-state index in [-0.39, 0.29) is 23.0 Å². The molecule has 7 heteroatoms. The minimum absolute atomic E-state index is 0.0891. The number of hydrogen-bond donors (Lipinski definition) is 1. The van der Waals surface area contributed by atoms with Gasteiger partial charge in [-0.25, -0.2) is 4.39 Å². The molecule has 0 aromatic heterocycles. The van der Waals surface area contributed by atoms with Gasteiger partial charge in [-0.1, -0.05) is 48.0 Å². The molecule has 1 saturated heterocycles. The van der Waals surface area contributed by atoms with Crippen molar-refractivity contribution in [1.82, 2.24) is 10.2 Å². The Hall–Kier alpha value is -2.83. The summed E-state index contributed by atoms with van der Waals surface area (Å²) in [6.07, 6.45) is 0.630. The van der Waals surface area contributed by atoms with Gasteiger partial charge in [-0.15, -0.1) is 11.8 Å². The lowest BCUT2D eigenvalue weighted by molar-refractivity contribution is -0.128. The highest BCUT2D eigenvalue weighted by Crippen LogP contribution is 2.39. The van der Waals surface area contributed by atoms with Crippen molar-refractivity contribution in [2.45, 2.75) is 18.3 Å². The Morgan fingerprint density at radius 1 is 1.00 bits per heavy atom. The third kappa shape index (κ3) is 5.50. The van der Waals surface area contributed by atoms with Gasteiger partial charge < -0.3 is 10.2 Å². The monoisotopic (exact) mass is 468 g/mol. The average Bonchev–Trinajstić information content (AvgIpc) is 3.16. The Balaban J connectivity index is 1.36. The Morgan fingerprint density at radius 2 is 1.66 bits per heavy atom. The zero-order valence-corrected chi connectivity index (χ0v) is 18.8. The van der Waals surface area contributed by atoms with Crippen LogP contribution in [0.15, 0.2) is 72.8 Å². The van der Waals surface area contributed by atoms with Crippen LogP contribution in [0.1, 0.15) is 32.4 Å². The molecule has 1 aliphatic rings. The first-order valence-corrected chi connectivity index (χ1v) is 11.7. The van der Waals surface area contributed by atoms with E-state index < -0.39 is 0 Å². The number of benzene rings is 3. The Morgan fingerprint density at radius 3 is 2.34 bits per heavy atom. The van der Waals surface area contributed by atoms with Gasteiger partial charge in [-0.05, 0) is 59.5 Å². The number of halogens is 2. The summed E-state index contributed by atoms with van der Waals surface area (Å²) in [6.45, 7) is 0.980. The molecular formula is C25H22ClFN2O2S. The summed E-state index contributed by atoms with van der Waals surface area (Å²) in [6, 6.07) is 21.1. The van der Waals surface area contributed by atoms with Crippen molar-refractivity contribution in [2.75, 3.05) is 12.3 Å². The molecule has 0 spiro atoms. The molecule has 4 nitrogen and oxygen atoms in total. The van der Waals surface area contributed by atoms with Crippen molar-refractivity contribution < 1.29 is 14.0 Å². The fraction of sp³-hybridized carbons (Fsp3) is 0.200. The Labute approximate surface area is 195 Å². The molecule has 0 unspecified atom stereocenters. The molecule has 1 aliphatic heterocycles. The highest BCUT2D eigenvalue weighted by atomic mass is 35.5. The number of nitrogens with one attached hydrogen (secondary N) is 1. The molecule has 164 valence electrons. The molecule has 1 heterocycles. The maximum atomic E-state index is 13.0. The predicted molar refractivity (Wildman–Crippen MR) is 126 cm³/mol. The van der Waals surface area contributed by atoms with Crippen LogP contribution in [0, 0.1) is 5.82 Å². The minimum atomic E-state index is -0.272. The lowest BCUT2D eigenvalue weighted by Crippen LogP contribution is -2.28. The molecule has 0 bridgehead atoms. The number of nitrogens with zero attached hydrogens (tertiary/aromatic N) is 1. The van der Waals surface area contributed by atoms with E-state index in [9.17, 15) is 14.0 Å². The first kappa shape index (κ1) is 22.4. The topological polar surface area (TPSA) is 49.4 Å². The van der Waals surface area contributed by atoms with Gasteiger partial charge in [0.15, 0.2) is 0 Å². The van der Waals surface area contributed by atoms with Gasteiger partial charge in [-0.2, -0.15) is 0 Å². The van der Waals surface area contributed by atoms with E-state index in [2.05, 4.69) is 5.32 Å². The van der Waals surface area contributed by atoms with Crippen LogP contribution in [0.4, 0.5) is 4.39 Å². The van der Waals surface area contributed by atoms with E-state index in [4.69, 9.17) is 11.6 Å². The minimum Gasteiger partial charge on any atom is -0.352 e. The second-order valence-corrected chi connectivity index (χ2v) is 9.07. The zero-order chi connectivity index (χ0) is 22.5. The third-order valence-corrected chi connectivity index (χ3v) is 6.81. The van der Waals surface area contributed by atoms with Crippen LogP contribution in [-0.4, -0.2) is 29.0 Å². The van der Waals surface area contributed by atoms with Gasteiger partial charge in [0.1, 0.15) is 11.2 Å². The maximum absolute atomic E-state index is 13.0. The SMILES string of the molecule is O=C(NCCc1ccc(F)cc1)c1ccc([C@@H]2SCC(=O)N2Cc2ccc(Cl)cc2)cc1. The Bertz CT molecular complexity index is 1090. The second kappa shape index (κ2) is 10.2. The van der Waals surface area contributed by atoms with Crippen molar-refractivity contribution in [2.24, 2.45) is 0 Å². The first-order chi connectivity index (χ1) is 15.5. The summed E-state index contributed by atoms with van der Waals surface area (Å²) in [5.41, 5.74) is 3.53. The highest BCUT2D eigenvalue weighted by Gasteiger charge is 2.32. The summed E-state index contributed by atoms with van der Waals surface area (Å²) >= 11 is 7.54. The average molecular weight is 469 g/mol. The van der Waals surface area contributed by atoms with Gasteiger partial charge in [0, 0.05) is 23.7 Å². The fourth-order valence-corrected chi connectivity index (χ4v) is 4.87. The van der Waals surface area contributed by atoms with Gasteiger partial charge in [0.25, 0.3) is 5.91 Å². The van der Waals surface area contributed by atoms with Crippen LogP contribution < -0.4 is 5.32 Å². The number of thioether (sulfide) groups is 1. The number of carbonyl (C=O) groups is 2. The van der Waals surface area contributed by atoms with E-state index in [1.54, 1.807) is 36.0 Å².